The predicted molar refractivity (Wildman–Crippen MR) is 69.0 cm³/mol. The lowest BCUT2D eigenvalue weighted by atomic mass is 10.2. The number of benzene rings is 1. The van der Waals surface area contributed by atoms with Crippen LogP contribution in [0.25, 0.3) is 0 Å². The van der Waals surface area contributed by atoms with E-state index in [0.717, 1.165) is 16.9 Å². The molecule has 0 fully saturated rings. The van der Waals surface area contributed by atoms with E-state index in [1.807, 2.05) is 36.4 Å². The minimum absolute atomic E-state index is 0.606. The van der Waals surface area contributed by atoms with Crippen LogP contribution in [0.1, 0.15) is 5.56 Å². The highest BCUT2D eigenvalue weighted by atomic mass is 16.5. The van der Waals surface area contributed by atoms with Crippen molar-refractivity contribution in [2.45, 2.75) is 6.54 Å². The number of para-hydroxylation sites is 1. The number of rotatable bonds is 4. The lowest BCUT2D eigenvalue weighted by molar-refractivity contribution is 0.398. The number of nitrogens with two attached hydrogens (primary N) is 1. The van der Waals surface area contributed by atoms with Gasteiger partial charge in [0.05, 0.1) is 19.0 Å². The van der Waals surface area contributed by atoms with Gasteiger partial charge in [-0.1, -0.05) is 18.2 Å². The number of aromatic nitrogens is 1. The van der Waals surface area contributed by atoms with Crippen molar-refractivity contribution in [3.8, 4) is 5.88 Å². The fraction of sp³-hybridized carbons (Fsp3) is 0.154. The Balaban J connectivity index is 2.00. The Labute approximate surface area is 100 Å². The normalized spacial score (nSPS) is 9.94. The lowest BCUT2D eigenvalue weighted by Crippen LogP contribution is -2.03. The number of methoxy groups -OCH3 is 1. The molecule has 0 saturated carbocycles. The molecule has 0 amide bonds. The second-order valence-electron chi connectivity index (χ2n) is 3.64. The molecular formula is C13H15N3O. The molecule has 2 rings (SSSR count). The number of hydrogen-bond acceptors (Lipinski definition) is 4. The number of nitrogen functional groups attached to an aromatic ring is 1. The second kappa shape index (κ2) is 5.21. The third kappa shape index (κ3) is 2.87. The second-order valence-corrected chi connectivity index (χ2v) is 3.64. The molecule has 2 aromatic rings. The maximum atomic E-state index is 5.85. The van der Waals surface area contributed by atoms with Gasteiger partial charge < -0.3 is 15.8 Å². The Morgan fingerprint density at radius 1 is 1.24 bits per heavy atom. The standard InChI is InChI=1S/C13H15N3O/c1-17-13-7-6-11(9-16-13)15-8-10-4-2-3-5-12(10)14/h2-7,9,15H,8,14H2,1H3. The molecule has 0 unspecified atom stereocenters. The number of anilines is 2. The van der Waals surface area contributed by atoms with Crippen LogP contribution in [0, 0.1) is 0 Å². The molecule has 4 heteroatoms. The van der Waals surface area contributed by atoms with E-state index < -0.39 is 0 Å². The Morgan fingerprint density at radius 2 is 2.06 bits per heavy atom. The van der Waals surface area contributed by atoms with Crippen molar-refractivity contribution in [2.75, 3.05) is 18.2 Å². The molecular weight excluding hydrogens is 214 g/mol. The molecule has 1 aromatic carbocycles. The molecule has 4 nitrogen and oxygen atoms in total. The largest absolute Gasteiger partial charge is 0.481 e. The SMILES string of the molecule is COc1ccc(NCc2ccccc2N)cn1. The van der Waals surface area contributed by atoms with Crippen LogP contribution in [0.4, 0.5) is 11.4 Å². The van der Waals surface area contributed by atoms with Crippen LogP contribution >= 0.6 is 0 Å². The molecule has 1 aromatic heterocycles. The van der Waals surface area contributed by atoms with Crippen molar-refractivity contribution in [3.05, 3.63) is 48.2 Å². The Bertz CT molecular complexity index is 482. The average Bonchev–Trinajstić information content (AvgIpc) is 2.38. The summed E-state index contributed by atoms with van der Waals surface area (Å²) in [7, 11) is 1.60. The van der Waals surface area contributed by atoms with Gasteiger partial charge in [-0.3, -0.25) is 0 Å². The van der Waals surface area contributed by atoms with Crippen molar-refractivity contribution >= 4 is 11.4 Å². The van der Waals surface area contributed by atoms with Crippen LogP contribution in [0.15, 0.2) is 42.6 Å². The number of ether oxygens (including phenoxy) is 1. The van der Waals surface area contributed by atoms with Crippen molar-refractivity contribution in [1.82, 2.24) is 4.98 Å². The van der Waals surface area contributed by atoms with Gasteiger partial charge in [0, 0.05) is 18.3 Å². The van der Waals surface area contributed by atoms with Gasteiger partial charge in [-0.2, -0.15) is 0 Å². The zero-order valence-electron chi connectivity index (χ0n) is 9.68. The lowest BCUT2D eigenvalue weighted by Gasteiger charge is -2.08. The zero-order chi connectivity index (χ0) is 12.1. The quantitative estimate of drug-likeness (QED) is 0.790. The first-order chi connectivity index (χ1) is 8.29. The van der Waals surface area contributed by atoms with E-state index in [9.17, 15) is 0 Å². The summed E-state index contributed by atoms with van der Waals surface area (Å²) in [4.78, 5) is 4.12. The minimum atomic E-state index is 0.606. The van der Waals surface area contributed by atoms with Gasteiger partial charge in [0.1, 0.15) is 0 Å². The van der Waals surface area contributed by atoms with Crippen LogP contribution in [0.3, 0.4) is 0 Å². The molecule has 0 aliphatic rings. The summed E-state index contributed by atoms with van der Waals surface area (Å²) < 4.78 is 4.99. The molecule has 0 saturated heterocycles. The summed E-state index contributed by atoms with van der Waals surface area (Å²) in [6.07, 6.45) is 1.73. The molecule has 17 heavy (non-hydrogen) atoms. The van der Waals surface area contributed by atoms with Crippen molar-refractivity contribution in [1.29, 1.82) is 0 Å². The van der Waals surface area contributed by atoms with E-state index in [2.05, 4.69) is 10.3 Å². The van der Waals surface area contributed by atoms with Gasteiger partial charge in [0.2, 0.25) is 5.88 Å². The molecule has 88 valence electrons. The smallest absolute Gasteiger partial charge is 0.213 e. The summed E-state index contributed by atoms with van der Waals surface area (Å²) in [6.45, 7) is 0.681. The van der Waals surface area contributed by atoms with Gasteiger partial charge in [0.25, 0.3) is 0 Å². The highest BCUT2D eigenvalue weighted by Crippen LogP contribution is 2.15. The van der Waals surface area contributed by atoms with Gasteiger partial charge >= 0.3 is 0 Å². The molecule has 0 atom stereocenters. The van der Waals surface area contributed by atoms with Crippen LogP contribution in [0.5, 0.6) is 5.88 Å². The number of nitrogens with one attached hydrogen (secondary N) is 1. The number of hydrogen-bond donors (Lipinski definition) is 2. The van der Waals surface area contributed by atoms with E-state index in [1.165, 1.54) is 0 Å². The average molecular weight is 229 g/mol. The molecule has 0 aliphatic heterocycles. The van der Waals surface area contributed by atoms with Crippen LogP contribution in [-0.4, -0.2) is 12.1 Å². The van der Waals surface area contributed by atoms with Crippen molar-refractivity contribution in [2.24, 2.45) is 0 Å². The third-order valence-corrected chi connectivity index (χ3v) is 2.48. The van der Waals surface area contributed by atoms with Gasteiger partial charge in [0.15, 0.2) is 0 Å². The van der Waals surface area contributed by atoms with Crippen LogP contribution in [-0.2, 0) is 6.54 Å². The Kier molecular flexibility index (Phi) is 3.45. The van der Waals surface area contributed by atoms with E-state index >= 15 is 0 Å². The summed E-state index contributed by atoms with van der Waals surface area (Å²) >= 11 is 0. The highest BCUT2D eigenvalue weighted by molar-refractivity contribution is 5.49. The fourth-order valence-corrected chi connectivity index (χ4v) is 1.50. The molecule has 3 N–H and O–H groups in total. The first-order valence-electron chi connectivity index (χ1n) is 5.37. The molecule has 0 spiro atoms. The monoisotopic (exact) mass is 229 g/mol. The predicted octanol–water partition coefficient (Wildman–Crippen LogP) is 2.28. The minimum Gasteiger partial charge on any atom is -0.481 e. The van der Waals surface area contributed by atoms with Crippen molar-refractivity contribution < 1.29 is 4.74 Å². The van der Waals surface area contributed by atoms with Crippen LogP contribution < -0.4 is 15.8 Å². The summed E-state index contributed by atoms with van der Waals surface area (Å²) in [6, 6.07) is 11.5. The molecule has 1 heterocycles. The summed E-state index contributed by atoms with van der Waals surface area (Å²) in [5.41, 5.74) is 8.66. The van der Waals surface area contributed by atoms with Crippen LogP contribution in [0.2, 0.25) is 0 Å². The summed E-state index contributed by atoms with van der Waals surface area (Å²) in [5, 5.41) is 3.26. The van der Waals surface area contributed by atoms with E-state index in [0.29, 0.717) is 12.4 Å². The van der Waals surface area contributed by atoms with Gasteiger partial charge in [-0.25, -0.2) is 4.98 Å². The van der Waals surface area contributed by atoms with E-state index in [-0.39, 0.29) is 0 Å². The Morgan fingerprint density at radius 3 is 2.71 bits per heavy atom. The fourth-order valence-electron chi connectivity index (χ4n) is 1.50. The van der Waals surface area contributed by atoms with Gasteiger partial charge in [-0.15, -0.1) is 0 Å². The van der Waals surface area contributed by atoms with E-state index in [1.54, 1.807) is 13.3 Å². The first-order valence-corrected chi connectivity index (χ1v) is 5.37. The van der Waals surface area contributed by atoms with Gasteiger partial charge in [-0.05, 0) is 17.7 Å². The van der Waals surface area contributed by atoms with E-state index in [4.69, 9.17) is 10.5 Å². The maximum Gasteiger partial charge on any atom is 0.213 e. The topological polar surface area (TPSA) is 60.2 Å². The zero-order valence-corrected chi connectivity index (χ0v) is 9.68. The molecule has 0 bridgehead atoms. The maximum absolute atomic E-state index is 5.85. The number of nitrogens with zero attached hydrogens (tertiary/aromatic N) is 1. The summed E-state index contributed by atoms with van der Waals surface area (Å²) in [5.74, 6) is 0.606. The van der Waals surface area contributed by atoms with Crippen molar-refractivity contribution in [3.63, 3.8) is 0 Å². The number of pyridine rings is 1. The molecule has 0 radical (unpaired) electrons. The Hall–Kier alpha value is -2.23. The highest BCUT2D eigenvalue weighted by Gasteiger charge is 1.98. The third-order valence-electron chi connectivity index (χ3n) is 2.48. The first kappa shape index (κ1) is 11.3. The molecule has 0 aliphatic carbocycles.